The monoisotopic (exact) mass is 205 g/mol. The molecule has 0 aliphatic carbocycles. The van der Waals surface area contributed by atoms with Gasteiger partial charge in [0, 0.05) is 0 Å². The van der Waals surface area contributed by atoms with Gasteiger partial charge >= 0.3 is 0 Å². The standard InChI is InChI=1S/C12H15NS/c1-12(2,3)7-9-4-5-11-10(6-9)13-8-14-11/h4-6,8H,7H2,1-3H3. The summed E-state index contributed by atoms with van der Waals surface area (Å²) in [6, 6.07) is 6.59. The van der Waals surface area contributed by atoms with Crippen LogP contribution in [-0.4, -0.2) is 4.98 Å². The van der Waals surface area contributed by atoms with Gasteiger partial charge in [0.25, 0.3) is 0 Å². The number of thiazole rings is 1. The second kappa shape index (κ2) is 3.35. The summed E-state index contributed by atoms with van der Waals surface area (Å²) < 4.78 is 1.28. The number of rotatable bonds is 1. The van der Waals surface area contributed by atoms with Gasteiger partial charge < -0.3 is 0 Å². The van der Waals surface area contributed by atoms with Crippen LogP contribution in [0.1, 0.15) is 26.3 Å². The van der Waals surface area contributed by atoms with Crippen LogP contribution in [0, 0.1) is 5.41 Å². The maximum Gasteiger partial charge on any atom is 0.0814 e. The largest absolute Gasteiger partial charge is 0.245 e. The Bertz CT molecular complexity index is 437. The summed E-state index contributed by atoms with van der Waals surface area (Å²) in [5, 5.41) is 0. The molecule has 14 heavy (non-hydrogen) atoms. The second-order valence-corrected chi connectivity index (χ2v) is 5.78. The summed E-state index contributed by atoms with van der Waals surface area (Å²) in [6.07, 6.45) is 1.11. The molecule has 0 aliphatic rings. The molecule has 0 bridgehead atoms. The number of nitrogens with zero attached hydrogens (tertiary/aromatic N) is 1. The Labute approximate surface area is 88.8 Å². The van der Waals surface area contributed by atoms with E-state index in [1.54, 1.807) is 11.3 Å². The molecule has 0 atom stereocenters. The molecule has 1 nitrogen and oxygen atoms in total. The van der Waals surface area contributed by atoms with Crippen LogP contribution in [0.2, 0.25) is 0 Å². The first-order valence-corrected chi connectivity index (χ1v) is 5.75. The first kappa shape index (κ1) is 9.66. The molecule has 0 radical (unpaired) electrons. The van der Waals surface area contributed by atoms with Crippen LogP contribution in [0.5, 0.6) is 0 Å². The van der Waals surface area contributed by atoms with Gasteiger partial charge in [0.2, 0.25) is 0 Å². The molecule has 0 saturated carbocycles. The van der Waals surface area contributed by atoms with E-state index in [2.05, 4.69) is 44.0 Å². The Kier molecular flexibility index (Phi) is 2.31. The van der Waals surface area contributed by atoms with Gasteiger partial charge in [0.05, 0.1) is 15.7 Å². The average Bonchev–Trinajstić information content (AvgIpc) is 2.47. The Hall–Kier alpha value is -0.890. The first-order chi connectivity index (χ1) is 6.54. The minimum absolute atomic E-state index is 0.351. The quantitative estimate of drug-likeness (QED) is 0.688. The van der Waals surface area contributed by atoms with E-state index in [0.29, 0.717) is 5.41 Å². The summed E-state index contributed by atoms with van der Waals surface area (Å²) in [6.45, 7) is 6.79. The van der Waals surface area contributed by atoms with Crippen LogP contribution in [0.4, 0.5) is 0 Å². The zero-order chi connectivity index (χ0) is 10.2. The van der Waals surface area contributed by atoms with Crippen molar-refractivity contribution in [1.82, 2.24) is 4.98 Å². The number of hydrogen-bond donors (Lipinski definition) is 0. The van der Waals surface area contributed by atoms with E-state index < -0.39 is 0 Å². The predicted octanol–water partition coefficient (Wildman–Crippen LogP) is 3.88. The van der Waals surface area contributed by atoms with E-state index in [1.165, 1.54) is 10.3 Å². The fraction of sp³-hybridized carbons (Fsp3) is 0.417. The fourth-order valence-electron chi connectivity index (χ4n) is 1.63. The van der Waals surface area contributed by atoms with Crippen LogP contribution in [-0.2, 0) is 6.42 Å². The van der Waals surface area contributed by atoms with Gasteiger partial charge in [-0.2, -0.15) is 0 Å². The van der Waals surface area contributed by atoms with Crippen molar-refractivity contribution in [2.75, 3.05) is 0 Å². The van der Waals surface area contributed by atoms with Gasteiger partial charge in [-0.1, -0.05) is 26.8 Å². The minimum atomic E-state index is 0.351. The molecule has 0 amide bonds. The lowest BCUT2D eigenvalue weighted by Crippen LogP contribution is -2.08. The molecule has 0 saturated heterocycles. The van der Waals surface area contributed by atoms with E-state index in [0.717, 1.165) is 11.9 Å². The smallest absolute Gasteiger partial charge is 0.0814 e. The molecule has 1 aromatic carbocycles. The third kappa shape index (κ3) is 2.13. The zero-order valence-corrected chi connectivity index (χ0v) is 9.69. The summed E-state index contributed by atoms with van der Waals surface area (Å²) in [4.78, 5) is 4.33. The van der Waals surface area contributed by atoms with E-state index in [9.17, 15) is 0 Å². The van der Waals surface area contributed by atoms with Gasteiger partial charge in [0.15, 0.2) is 0 Å². The highest BCUT2D eigenvalue weighted by molar-refractivity contribution is 7.16. The molecule has 0 fully saturated rings. The van der Waals surface area contributed by atoms with E-state index in [1.807, 2.05) is 5.51 Å². The predicted molar refractivity (Wildman–Crippen MR) is 62.8 cm³/mol. The lowest BCUT2D eigenvalue weighted by molar-refractivity contribution is 0.411. The van der Waals surface area contributed by atoms with Crippen molar-refractivity contribution in [3.63, 3.8) is 0 Å². The van der Waals surface area contributed by atoms with Crippen LogP contribution in [0.25, 0.3) is 10.2 Å². The van der Waals surface area contributed by atoms with Crippen molar-refractivity contribution in [3.8, 4) is 0 Å². The van der Waals surface area contributed by atoms with Crippen LogP contribution in [0.15, 0.2) is 23.7 Å². The fourth-order valence-corrected chi connectivity index (χ4v) is 2.28. The average molecular weight is 205 g/mol. The van der Waals surface area contributed by atoms with Crippen molar-refractivity contribution >= 4 is 21.6 Å². The Morgan fingerprint density at radius 1 is 1.29 bits per heavy atom. The van der Waals surface area contributed by atoms with Crippen molar-refractivity contribution in [1.29, 1.82) is 0 Å². The minimum Gasteiger partial charge on any atom is -0.245 e. The van der Waals surface area contributed by atoms with E-state index in [-0.39, 0.29) is 0 Å². The van der Waals surface area contributed by atoms with E-state index in [4.69, 9.17) is 0 Å². The van der Waals surface area contributed by atoms with Gasteiger partial charge in [0.1, 0.15) is 0 Å². The number of benzene rings is 1. The topological polar surface area (TPSA) is 12.9 Å². The van der Waals surface area contributed by atoms with Crippen LogP contribution < -0.4 is 0 Å². The molecule has 2 heteroatoms. The Morgan fingerprint density at radius 3 is 2.79 bits per heavy atom. The summed E-state index contributed by atoms with van der Waals surface area (Å²) in [7, 11) is 0. The van der Waals surface area contributed by atoms with Crippen molar-refractivity contribution in [3.05, 3.63) is 29.3 Å². The third-order valence-corrected chi connectivity index (χ3v) is 2.94. The highest BCUT2D eigenvalue weighted by Crippen LogP contribution is 2.24. The van der Waals surface area contributed by atoms with Crippen LogP contribution in [0.3, 0.4) is 0 Å². The molecule has 0 spiro atoms. The third-order valence-electron chi connectivity index (χ3n) is 2.13. The molecule has 0 N–H and O–H groups in total. The van der Waals surface area contributed by atoms with Gasteiger partial charge in [-0.25, -0.2) is 4.98 Å². The van der Waals surface area contributed by atoms with Gasteiger partial charge in [-0.3, -0.25) is 0 Å². The highest BCUT2D eigenvalue weighted by atomic mass is 32.1. The van der Waals surface area contributed by atoms with E-state index >= 15 is 0 Å². The van der Waals surface area contributed by atoms with Crippen molar-refractivity contribution in [2.45, 2.75) is 27.2 Å². The maximum absolute atomic E-state index is 4.33. The number of fused-ring (bicyclic) bond motifs is 1. The zero-order valence-electron chi connectivity index (χ0n) is 8.87. The molecule has 0 unspecified atom stereocenters. The maximum atomic E-state index is 4.33. The Balaban J connectivity index is 2.35. The molecular weight excluding hydrogens is 190 g/mol. The summed E-state index contributed by atoms with van der Waals surface area (Å²) >= 11 is 1.70. The van der Waals surface area contributed by atoms with Crippen LogP contribution >= 0.6 is 11.3 Å². The molecule has 2 aromatic rings. The molecule has 1 aromatic heterocycles. The van der Waals surface area contributed by atoms with Crippen molar-refractivity contribution < 1.29 is 0 Å². The lowest BCUT2D eigenvalue weighted by atomic mass is 9.88. The summed E-state index contributed by atoms with van der Waals surface area (Å²) in [5.74, 6) is 0. The number of hydrogen-bond acceptors (Lipinski definition) is 2. The summed E-state index contributed by atoms with van der Waals surface area (Å²) in [5.41, 5.74) is 4.78. The molecule has 2 rings (SSSR count). The molecule has 1 heterocycles. The van der Waals surface area contributed by atoms with Gasteiger partial charge in [-0.05, 0) is 29.5 Å². The SMILES string of the molecule is CC(C)(C)Cc1ccc2scnc2c1. The second-order valence-electron chi connectivity index (χ2n) is 4.89. The van der Waals surface area contributed by atoms with Gasteiger partial charge in [-0.15, -0.1) is 11.3 Å². The first-order valence-electron chi connectivity index (χ1n) is 4.87. The number of aromatic nitrogens is 1. The van der Waals surface area contributed by atoms with Crippen molar-refractivity contribution in [2.24, 2.45) is 5.41 Å². The lowest BCUT2D eigenvalue weighted by Gasteiger charge is -2.17. The normalized spacial score (nSPS) is 12.2. The Morgan fingerprint density at radius 2 is 2.07 bits per heavy atom. The molecule has 74 valence electrons. The molecular formula is C12H15NS. The molecule has 0 aliphatic heterocycles. The highest BCUT2D eigenvalue weighted by Gasteiger charge is 2.11.